The highest BCUT2D eigenvalue weighted by molar-refractivity contribution is 6.09. The largest absolute Gasteiger partial charge is 0.318 e. The predicted octanol–water partition coefficient (Wildman–Crippen LogP) is 4.90. The van der Waals surface area contributed by atoms with E-state index < -0.39 is 5.54 Å². The third-order valence-corrected chi connectivity index (χ3v) is 5.39. The van der Waals surface area contributed by atoms with Gasteiger partial charge in [-0.1, -0.05) is 84.9 Å². The Morgan fingerprint density at radius 3 is 1.85 bits per heavy atom. The minimum Gasteiger partial charge on any atom is -0.318 e. The molecule has 0 aromatic heterocycles. The van der Waals surface area contributed by atoms with Crippen molar-refractivity contribution in [3.8, 4) is 11.1 Å². The second-order valence-electron chi connectivity index (χ2n) is 7.12. The molecule has 0 N–H and O–H groups in total. The van der Waals surface area contributed by atoms with Crippen molar-refractivity contribution in [2.75, 3.05) is 0 Å². The van der Waals surface area contributed by atoms with Gasteiger partial charge in [-0.25, -0.2) is 0 Å². The van der Waals surface area contributed by atoms with Crippen molar-refractivity contribution in [2.45, 2.75) is 25.4 Å². The molecule has 4 rings (SSSR count). The number of Topliss-reactive ketones (excluding diaryl/α,β-unsaturated/α-hetero) is 1. The van der Waals surface area contributed by atoms with Crippen LogP contribution in [0, 0.1) is 0 Å². The maximum absolute atomic E-state index is 13.1. The Balaban J connectivity index is 1.66. The maximum atomic E-state index is 13.1. The Labute approximate surface area is 159 Å². The Kier molecular flexibility index (Phi) is 4.15. The highest BCUT2D eigenvalue weighted by atomic mass is 16.2. The van der Waals surface area contributed by atoms with Crippen molar-refractivity contribution >= 4 is 11.7 Å². The van der Waals surface area contributed by atoms with Gasteiger partial charge in [0.05, 0.1) is 6.04 Å². The van der Waals surface area contributed by atoms with E-state index in [-0.39, 0.29) is 17.7 Å². The molecular formula is C24H21NO2. The molecule has 3 aromatic carbocycles. The summed E-state index contributed by atoms with van der Waals surface area (Å²) < 4.78 is 0. The zero-order valence-corrected chi connectivity index (χ0v) is 15.4. The lowest BCUT2D eigenvalue weighted by atomic mass is 9.92. The summed E-state index contributed by atoms with van der Waals surface area (Å²) in [5.74, 6) is -0.102. The minimum absolute atomic E-state index is 0.0181. The van der Waals surface area contributed by atoms with Crippen LogP contribution in [0.5, 0.6) is 0 Å². The molecule has 0 aliphatic carbocycles. The topological polar surface area (TPSA) is 37.1 Å². The Hall–Kier alpha value is -3.20. The lowest BCUT2D eigenvalue weighted by Gasteiger charge is -2.09. The molecule has 1 fully saturated rings. The molecule has 1 aliphatic heterocycles. The number of ketones is 1. The molecule has 134 valence electrons. The highest BCUT2D eigenvalue weighted by Crippen LogP contribution is 2.54. The van der Waals surface area contributed by atoms with E-state index in [4.69, 9.17) is 0 Å². The van der Waals surface area contributed by atoms with Crippen molar-refractivity contribution < 1.29 is 9.59 Å². The molecule has 0 radical (unpaired) electrons. The van der Waals surface area contributed by atoms with E-state index in [1.54, 1.807) is 17.0 Å². The molecule has 2 atom stereocenters. The van der Waals surface area contributed by atoms with E-state index in [0.29, 0.717) is 5.56 Å². The van der Waals surface area contributed by atoms with Crippen molar-refractivity contribution in [3.63, 3.8) is 0 Å². The van der Waals surface area contributed by atoms with Crippen LogP contribution in [-0.4, -0.2) is 22.1 Å². The van der Waals surface area contributed by atoms with Crippen LogP contribution >= 0.6 is 0 Å². The normalized spacial score (nSPS) is 21.0. The summed E-state index contributed by atoms with van der Waals surface area (Å²) in [5, 5.41) is 0. The van der Waals surface area contributed by atoms with Gasteiger partial charge in [-0.15, -0.1) is 0 Å². The summed E-state index contributed by atoms with van der Waals surface area (Å²) in [4.78, 5) is 27.0. The lowest BCUT2D eigenvalue weighted by Crippen LogP contribution is -2.28. The Morgan fingerprint density at radius 2 is 1.30 bits per heavy atom. The van der Waals surface area contributed by atoms with Gasteiger partial charge in [0.1, 0.15) is 5.54 Å². The van der Waals surface area contributed by atoms with Crippen LogP contribution < -0.4 is 0 Å². The molecule has 1 heterocycles. The van der Waals surface area contributed by atoms with E-state index in [9.17, 15) is 9.59 Å². The zero-order chi connectivity index (χ0) is 19.0. The number of hydrogen-bond acceptors (Lipinski definition) is 2. The number of rotatable bonds is 4. The molecule has 0 bridgehead atoms. The van der Waals surface area contributed by atoms with E-state index in [2.05, 4.69) is 24.3 Å². The maximum Gasteiger partial charge on any atom is 0.220 e. The first kappa shape index (κ1) is 17.2. The molecule has 0 saturated carbocycles. The molecule has 0 unspecified atom stereocenters. The van der Waals surface area contributed by atoms with Gasteiger partial charge in [0, 0.05) is 12.5 Å². The second-order valence-corrected chi connectivity index (χ2v) is 7.12. The predicted molar refractivity (Wildman–Crippen MR) is 106 cm³/mol. The first-order valence-corrected chi connectivity index (χ1v) is 9.08. The average molecular weight is 355 g/mol. The smallest absolute Gasteiger partial charge is 0.220 e. The average Bonchev–Trinajstić information content (AvgIpc) is 3.36. The number of nitrogens with zero attached hydrogens (tertiary/aromatic N) is 1. The number of hydrogen-bond donors (Lipinski definition) is 0. The molecule has 27 heavy (non-hydrogen) atoms. The molecule has 3 aromatic rings. The summed E-state index contributed by atoms with van der Waals surface area (Å²) >= 11 is 0. The number of carbonyl (C=O) groups is 2. The molecule has 3 nitrogen and oxygen atoms in total. The van der Waals surface area contributed by atoms with Crippen LogP contribution in [0.3, 0.4) is 0 Å². The summed E-state index contributed by atoms with van der Waals surface area (Å²) in [6.45, 7) is 3.38. The number of benzene rings is 3. The Bertz CT molecular complexity index is 980. The molecule has 1 aliphatic rings. The summed E-state index contributed by atoms with van der Waals surface area (Å²) in [6.07, 6.45) is 0. The number of carbonyl (C=O) groups excluding carboxylic acids is 2. The van der Waals surface area contributed by atoms with Crippen molar-refractivity contribution in [1.82, 2.24) is 4.90 Å². The zero-order valence-electron chi connectivity index (χ0n) is 15.4. The fourth-order valence-electron chi connectivity index (χ4n) is 3.98. The van der Waals surface area contributed by atoms with Gasteiger partial charge < -0.3 is 4.90 Å². The van der Waals surface area contributed by atoms with Crippen LogP contribution in [-0.2, 0) is 4.79 Å². The van der Waals surface area contributed by atoms with Gasteiger partial charge in [-0.05, 0) is 23.6 Å². The third-order valence-electron chi connectivity index (χ3n) is 5.39. The molecular weight excluding hydrogens is 334 g/mol. The van der Waals surface area contributed by atoms with Gasteiger partial charge in [0.25, 0.3) is 0 Å². The lowest BCUT2D eigenvalue weighted by molar-refractivity contribution is -0.124. The molecule has 1 saturated heterocycles. The van der Waals surface area contributed by atoms with Crippen LogP contribution in [0.1, 0.15) is 35.8 Å². The SMILES string of the molecule is CC(=O)N1[C@@H](c2ccc(-c3ccccc3)cc2)[C@]1(C)C(=O)c1ccccc1. The van der Waals surface area contributed by atoms with Gasteiger partial charge >= 0.3 is 0 Å². The van der Waals surface area contributed by atoms with Gasteiger partial charge in [0.15, 0.2) is 5.78 Å². The first-order chi connectivity index (χ1) is 13.0. The highest BCUT2D eigenvalue weighted by Gasteiger charge is 2.66. The van der Waals surface area contributed by atoms with Crippen molar-refractivity contribution in [2.24, 2.45) is 0 Å². The van der Waals surface area contributed by atoms with Gasteiger partial charge in [-0.3, -0.25) is 9.59 Å². The van der Waals surface area contributed by atoms with Crippen LogP contribution in [0.2, 0.25) is 0 Å². The quantitative estimate of drug-likeness (QED) is 0.493. The molecule has 1 amide bonds. The standard InChI is InChI=1S/C24H21NO2/c1-17(26)25-22(24(25,2)23(27)21-11-7-4-8-12-21)20-15-13-19(14-16-20)18-9-5-3-6-10-18/h3-16,22H,1-2H3/t22-,24+,25?/m0/s1. The minimum atomic E-state index is -0.832. The number of amides is 1. The van der Waals surface area contributed by atoms with E-state index in [1.165, 1.54) is 6.92 Å². The Morgan fingerprint density at radius 1 is 0.778 bits per heavy atom. The van der Waals surface area contributed by atoms with Crippen molar-refractivity contribution in [3.05, 3.63) is 96.1 Å². The molecule has 0 spiro atoms. The fourth-order valence-corrected chi connectivity index (χ4v) is 3.98. The fraction of sp³-hybridized carbons (Fsp3) is 0.167. The van der Waals surface area contributed by atoms with Gasteiger partial charge in [0.2, 0.25) is 5.91 Å². The van der Waals surface area contributed by atoms with Crippen LogP contribution in [0.25, 0.3) is 11.1 Å². The summed E-state index contributed by atoms with van der Waals surface area (Å²) in [5.41, 5.74) is 3.05. The van der Waals surface area contributed by atoms with E-state index >= 15 is 0 Å². The van der Waals surface area contributed by atoms with Gasteiger partial charge in [-0.2, -0.15) is 0 Å². The first-order valence-electron chi connectivity index (χ1n) is 9.08. The third kappa shape index (κ3) is 2.85. The van der Waals surface area contributed by atoms with Crippen LogP contribution in [0.15, 0.2) is 84.9 Å². The monoisotopic (exact) mass is 355 g/mol. The van der Waals surface area contributed by atoms with E-state index in [0.717, 1.165) is 16.7 Å². The van der Waals surface area contributed by atoms with Crippen molar-refractivity contribution in [1.29, 1.82) is 0 Å². The van der Waals surface area contributed by atoms with E-state index in [1.807, 2.05) is 55.5 Å². The summed E-state index contributed by atoms with van der Waals surface area (Å²) in [7, 11) is 0. The molecule has 3 heteroatoms. The second kappa shape index (κ2) is 6.51. The summed E-state index contributed by atoms with van der Waals surface area (Å²) in [6, 6.07) is 27.3. The van der Waals surface area contributed by atoms with Crippen LogP contribution in [0.4, 0.5) is 0 Å².